The Kier molecular flexibility index (Phi) is 15.1. The van der Waals surface area contributed by atoms with E-state index in [1.807, 2.05) is 6.92 Å². The summed E-state index contributed by atoms with van der Waals surface area (Å²) in [6.45, 7) is 8.10. The lowest BCUT2D eigenvalue weighted by Gasteiger charge is -2.29. The number of nitrogens with two attached hydrogens (primary N) is 1. The zero-order valence-electron chi connectivity index (χ0n) is 26.2. The van der Waals surface area contributed by atoms with E-state index in [-0.39, 0.29) is 36.3 Å². The Morgan fingerprint density at radius 3 is 2.09 bits per heavy atom. The van der Waals surface area contributed by atoms with Gasteiger partial charge in [0.15, 0.2) is 0 Å². The third-order valence-electron chi connectivity index (χ3n) is 7.99. The maximum absolute atomic E-state index is 13.7. The number of phenolic OH excluding ortho intramolecular Hbond substituents is 1. The van der Waals surface area contributed by atoms with Crippen LogP contribution < -0.4 is 32.3 Å². The number of aliphatic carboxylic acids is 1. The van der Waals surface area contributed by atoms with E-state index in [9.17, 15) is 34.2 Å². The molecule has 6 atom stereocenters. The van der Waals surface area contributed by atoms with E-state index in [4.69, 9.17) is 5.73 Å². The third-order valence-corrected chi connectivity index (χ3v) is 7.99. The Hall–Kier alpha value is -3.71. The fourth-order valence-electron chi connectivity index (χ4n) is 5.00. The Morgan fingerprint density at radius 1 is 0.909 bits per heavy atom. The van der Waals surface area contributed by atoms with Gasteiger partial charge in [-0.1, -0.05) is 46.2 Å². The number of carbonyl (C=O) groups excluding carboxylic acids is 4. The van der Waals surface area contributed by atoms with Crippen molar-refractivity contribution in [3.63, 3.8) is 0 Å². The van der Waals surface area contributed by atoms with E-state index in [0.29, 0.717) is 44.3 Å². The maximum atomic E-state index is 13.7. The lowest BCUT2D eigenvalue weighted by atomic mass is 9.96. The molecule has 246 valence electrons. The number of carboxylic acids is 1. The molecule has 0 bridgehead atoms. The minimum atomic E-state index is -1.18. The summed E-state index contributed by atoms with van der Waals surface area (Å²) >= 11 is 0. The number of aromatic hydroxyl groups is 1. The van der Waals surface area contributed by atoms with Crippen LogP contribution in [0.4, 0.5) is 0 Å². The molecule has 1 aliphatic heterocycles. The van der Waals surface area contributed by atoms with Crippen molar-refractivity contribution < 1.29 is 34.2 Å². The van der Waals surface area contributed by atoms with Gasteiger partial charge in [-0.05, 0) is 74.7 Å². The van der Waals surface area contributed by atoms with Crippen molar-refractivity contribution in [2.75, 3.05) is 13.1 Å². The van der Waals surface area contributed by atoms with Crippen LogP contribution in [0.3, 0.4) is 0 Å². The number of carbonyl (C=O) groups is 5. The highest BCUT2D eigenvalue weighted by molar-refractivity contribution is 5.95. The minimum Gasteiger partial charge on any atom is -0.508 e. The van der Waals surface area contributed by atoms with Gasteiger partial charge in [-0.3, -0.25) is 19.2 Å². The van der Waals surface area contributed by atoms with E-state index in [1.54, 1.807) is 32.9 Å². The van der Waals surface area contributed by atoms with E-state index in [1.165, 1.54) is 12.1 Å². The second-order valence-electron chi connectivity index (χ2n) is 11.9. The average Bonchev–Trinajstić information content (AvgIpc) is 3.53. The van der Waals surface area contributed by atoms with Crippen molar-refractivity contribution in [1.82, 2.24) is 26.6 Å². The molecule has 13 heteroatoms. The van der Waals surface area contributed by atoms with Crippen LogP contribution >= 0.6 is 0 Å². The second kappa shape index (κ2) is 18.2. The zero-order chi connectivity index (χ0) is 32.8. The molecule has 9 N–H and O–H groups in total. The van der Waals surface area contributed by atoms with E-state index in [0.717, 1.165) is 6.42 Å². The largest absolute Gasteiger partial charge is 0.508 e. The van der Waals surface area contributed by atoms with Crippen LogP contribution in [0.2, 0.25) is 0 Å². The summed E-state index contributed by atoms with van der Waals surface area (Å²) < 4.78 is 0. The number of hydrogen-bond donors (Lipinski definition) is 8. The van der Waals surface area contributed by atoms with Gasteiger partial charge in [0.25, 0.3) is 0 Å². The van der Waals surface area contributed by atoms with Gasteiger partial charge in [-0.25, -0.2) is 4.79 Å². The van der Waals surface area contributed by atoms with Gasteiger partial charge in [0.1, 0.15) is 29.9 Å². The number of rotatable bonds is 18. The van der Waals surface area contributed by atoms with Crippen LogP contribution in [0.1, 0.15) is 71.8 Å². The monoisotopic (exact) mass is 618 g/mol. The summed E-state index contributed by atoms with van der Waals surface area (Å²) in [5.41, 5.74) is 6.32. The number of nitrogens with one attached hydrogen (secondary N) is 5. The smallest absolute Gasteiger partial charge is 0.326 e. The molecule has 4 amide bonds. The van der Waals surface area contributed by atoms with E-state index >= 15 is 0 Å². The fraction of sp³-hybridized carbons (Fsp3) is 0.645. The first-order valence-corrected chi connectivity index (χ1v) is 15.5. The van der Waals surface area contributed by atoms with Crippen molar-refractivity contribution >= 4 is 29.6 Å². The Labute approximate surface area is 259 Å². The number of carboxylic acid groups (broad SMARTS) is 1. The first-order valence-electron chi connectivity index (χ1n) is 15.5. The number of phenols is 1. The molecular formula is C31H50N6O7. The molecule has 1 aromatic carbocycles. The fourth-order valence-corrected chi connectivity index (χ4v) is 5.00. The second-order valence-corrected chi connectivity index (χ2v) is 11.9. The molecule has 0 radical (unpaired) electrons. The number of unbranched alkanes of at least 4 members (excludes halogenated alkanes) is 1. The van der Waals surface area contributed by atoms with Crippen molar-refractivity contribution in [2.45, 2.75) is 103 Å². The van der Waals surface area contributed by atoms with Gasteiger partial charge in [0.2, 0.25) is 23.6 Å². The first-order chi connectivity index (χ1) is 20.9. The molecule has 1 aliphatic rings. The van der Waals surface area contributed by atoms with E-state index < -0.39 is 53.9 Å². The van der Waals surface area contributed by atoms with Crippen LogP contribution in [0.25, 0.3) is 0 Å². The van der Waals surface area contributed by atoms with Gasteiger partial charge < -0.3 is 42.5 Å². The predicted octanol–water partition coefficient (Wildman–Crippen LogP) is 0.542. The van der Waals surface area contributed by atoms with Gasteiger partial charge in [0.05, 0.1) is 6.04 Å². The molecule has 44 heavy (non-hydrogen) atoms. The normalized spacial score (nSPS) is 18.0. The highest BCUT2D eigenvalue weighted by Gasteiger charge is 2.34. The minimum absolute atomic E-state index is 0.0653. The summed E-state index contributed by atoms with van der Waals surface area (Å²) in [5, 5.41) is 33.2. The van der Waals surface area contributed by atoms with Gasteiger partial charge in [-0.2, -0.15) is 0 Å². The van der Waals surface area contributed by atoms with Crippen molar-refractivity contribution in [3.8, 4) is 5.75 Å². The van der Waals surface area contributed by atoms with Gasteiger partial charge >= 0.3 is 5.97 Å². The molecule has 2 rings (SSSR count). The van der Waals surface area contributed by atoms with Crippen LogP contribution in [0.15, 0.2) is 24.3 Å². The molecule has 0 aromatic heterocycles. The number of hydrogen-bond acceptors (Lipinski definition) is 8. The molecule has 0 saturated carbocycles. The van der Waals surface area contributed by atoms with Gasteiger partial charge in [-0.15, -0.1) is 0 Å². The molecule has 0 unspecified atom stereocenters. The summed E-state index contributed by atoms with van der Waals surface area (Å²) in [6, 6.07) is 1.63. The Morgan fingerprint density at radius 2 is 1.55 bits per heavy atom. The van der Waals surface area contributed by atoms with Crippen LogP contribution in [-0.4, -0.2) is 83.1 Å². The summed E-state index contributed by atoms with van der Waals surface area (Å²) in [5.74, 6) is -3.95. The van der Waals surface area contributed by atoms with Crippen molar-refractivity contribution in [3.05, 3.63) is 29.8 Å². The SMILES string of the molecule is CC[C@H](C)[C@H](NC(=O)[C@H](Cc1ccc(O)cc1)NC(=O)[C@@H]1CCCN1)C(=O)N[C@@H](CCCCN)C(=O)N[C@H](C(=O)O)C(C)C. The topological polar surface area (TPSA) is 212 Å². The first kappa shape index (κ1) is 36.5. The van der Waals surface area contributed by atoms with Crippen LogP contribution in [-0.2, 0) is 30.4 Å². The molecule has 1 aromatic rings. The van der Waals surface area contributed by atoms with Crippen LogP contribution in [0, 0.1) is 11.8 Å². The molecule has 0 aliphatic carbocycles. The maximum Gasteiger partial charge on any atom is 0.326 e. The van der Waals surface area contributed by atoms with Crippen LogP contribution in [0.5, 0.6) is 5.75 Å². The Balaban J connectivity index is 2.27. The molecule has 1 fully saturated rings. The lowest BCUT2D eigenvalue weighted by molar-refractivity contribution is -0.143. The highest BCUT2D eigenvalue weighted by Crippen LogP contribution is 2.15. The number of amides is 4. The lowest BCUT2D eigenvalue weighted by Crippen LogP contribution is -2.60. The number of benzene rings is 1. The molecule has 0 spiro atoms. The quantitative estimate of drug-likeness (QED) is 0.108. The van der Waals surface area contributed by atoms with Crippen molar-refractivity contribution in [2.24, 2.45) is 17.6 Å². The van der Waals surface area contributed by atoms with Gasteiger partial charge in [0, 0.05) is 6.42 Å². The average molecular weight is 619 g/mol. The zero-order valence-corrected chi connectivity index (χ0v) is 26.2. The third kappa shape index (κ3) is 11.4. The highest BCUT2D eigenvalue weighted by atomic mass is 16.4. The molecular weight excluding hydrogens is 568 g/mol. The molecule has 13 nitrogen and oxygen atoms in total. The summed E-state index contributed by atoms with van der Waals surface area (Å²) in [7, 11) is 0. The standard InChI is InChI=1S/C31H50N6O7/c1-5-19(4)26(30(42)34-23(9-6-7-15-32)28(40)36-25(18(2)3)31(43)44)37-29(41)24(17-20-11-13-21(38)14-12-20)35-27(39)22-10-8-16-33-22/h11-14,18-19,22-26,33,38H,5-10,15-17,32H2,1-4H3,(H,34,42)(H,35,39)(H,36,40)(H,37,41)(H,43,44)/t19-,22-,23-,24-,25-,26-/m0/s1. The predicted molar refractivity (Wildman–Crippen MR) is 165 cm³/mol. The van der Waals surface area contributed by atoms with E-state index in [2.05, 4.69) is 26.6 Å². The summed E-state index contributed by atoms with van der Waals surface area (Å²) in [6.07, 6.45) is 3.48. The molecule has 1 heterocycles. The Bertz CT molecular complexity index is 1110. The summed E-state index contributed by atoms with van der Waals surface area (Å²) in [4.78, 5) is 65.2. The van der Waals surface area contributed by atoms with Crippen molar-refractivity contribution in [1.29, 1.82) is 0 Å². The molecule has 1 saturated heterocycles.